The first-order valence-corrected chi connectivity index (χ1v) is 8.51. The van der Waals surface area contributed by atoms with Gasteiger partial charge in [-0.2, -0.15) is 0 Å². The first-order valence-electron chi connectivity index (χ1n) is 8.51. The van der Waals surface area contributed by atoms with Crippen molar-refractivity contribution in [2.45, 2.75) is 26.3 Å². The number of piperazine rings is 1. The van der Waals surface area contributed by atoms with Crippen LogP contribution in [0.15, 0.2) is 18.2 Å². The average molecular weight is 353 g/mol. The summed E-state index contributed by atoms with van der Waals surface area (Å²) in [6, 6.07) is 2.28. The lowest BCUT2D eigenvalue weighted by Crippen LogP contribution is -2.54. The van der Waals surface area contributed by atoms with Crippen LogP contribution in [0.5, 0.6) is 0 Å². The number of halogens is 2. The maximum atomic E-state index is 13.3. The summed E-state index contributed by atoms with van der Waals surface area (Å²) in [5.41, 5.74) is -0.00108. The molecule has 7 heteroatoms. The molecule has 25 heavy (non-hydrogen) atoms. The van der Waals surface area contributed by atoms with Gasteiger partial charge >= 0.3 is 0 Å². The van der Waals surface area contributed by atoms with Gasteiger partial charge in [-0.3, -0.25) is 9.59 Å². The van der Waals surface area contributed by atoms with E-state index in [9.17, 15) is 18.4 Å². The zero-order valence-corrected chi connectivity index (χ0v) is 14.9. The molecule has 2 amide bonds. The second-order valence-corrected chi connectivity index (χ2v) is 6.91. The normalized spacial score (nSPS) is 16.8. The number of benzene rings is 1. The first-order chi connectivity index (χ1) is 11.8. The molecule has 138 valence electrons. The van der Waals surface area contributed by atoms with E-state index in [1.165, 1.54) is 6.07 Å². The second kappa shape index (κ2) is 8.38. The predicted molar refractivity (Wildman–Crippen MR) is 91.1 cm³/mol. The van der Waals surface area contributed by atoms with Gasteiger partial charge in [0.05, 0.1) is 0 Å². The van der Waals surface area contributed by atoms with Crippen molar-refractivity contribution in [3.05, 3.63) is 35.4 Å². The lowest BCUT2D eigenvalue weighted by Gasteiger charge is -2.35. The molecule has 1 fully saturated rings. The third kappa shape index (κ3) is 5.22. The smallest absolute Gasteiger partial charge is 0.252 e. The number of carbonyl (C=O) groups is 2. The fourth-order valence-electron chi connectivity index (χ4n) is 2.82. The van der Waals surface area contributed by atoms with Crippen LogP contribution in [0, 0.1) is 17.6 Å². The van der Waals surface area contributed by atoms with Crippen molar-refractivity contribution in [3.8, 4) is 0 Å². The summed E-state index contributed by atoms with van der Waals surface area (Å²) >= 11 is 0. The highest BCUT2D eigenvalue weighted by Gasteiger charge is 2.29. The number of likely N-dealkylation sites (N-methyl/N-ethyl adjacent to an activating group) is 1. The third-order valence-electron chi connectivity index (χ3n) is 4.31. The van der Waals surface area contributed by atoms with Crippen LogP contribution in [0.3, 0.4) is 0 Å². The highest BCUT2D eigenvalue weighted by Crippen LogP contribution is 2.13. The highest BCUT2D eigenvalue weighted by atomic mass is 19.2. The minimum Gasteiger partial charge on any atom is -0.340 e. The molecular weight excluding hydrogens is 328 g/mol. The van der Waals surface area contributed by atoms with Crippen LogP contribution in [0.2, 0.25) is 0 Å². The highest BCUT2D eigenvalue weighted by molar-refractivity contribution is 5.97. The van der Waals surface area contributed by atoms with Crippen LogP contribution in [0.25, 0.3) is 0 Å². The van der Waals surface area contributed by atoms with Gasteiger partial charge in [-0.05, 0) is 37.6 Å². The Morgan fingerprint density at radius 2 is 1.76 bits per heavy atom. The van der Waals surface area contributed by atoms with Crippen LogP contribution in [-0.4, -0.2) is 60.9 Å². The Kier molecular flexibility index (Phi) is 6.47. The van der Waals surface area contributed by atoms with Crippen molar-refractivity contribution in [1.82, 2.24) is 15.1 Å². The zero-order valence-electron chi connectivity index (χ0n) is 14.9. The van der Waals surface area contributed by atoms with Crippen LogP contribution >= 0.6 is 0 Å². The lowest BCUT2D eigenvalue weighted by atomic mass is 10.0. The predicted octanol–water partition coefficient (Wildman–Crippen LogP) is 1.88. The number of hydrogen-bond acceptors (Lipinski definition) is 3. The fourth-order valence-corrected chi connectivity index (χ4v) is 2.82. The summed E-state index contributed by atoms with van der Waals surface area (Å²) in [7, 11) is 2.00. The largest absolute Gasteiger partial charge is 0.340 e. The van der Waals surface area contributed by atoms with Gasteiger partial charge in [0, 0.05) is 31.7 Å². The van der Waals surface area contributed by atoms with Crippen molar-refractivity contribution in [2.24, 2.45) is 5.92 Å². The molecule has 0 saturated carbocycles. The first kappa shape index (κ1) is 19.3. The van der Waals surface area contributed by atoms with Gasteiger partial charge in [0.25, 0.3) is 5.91 Å². The summed E-state index contributed by atoms with van der Waals surface area (Å²) in [5.74, 6) is -2.60. The van der Waals surface area contributed by atoms with E-state index in [0.29, 0.717) is 19.5 Å². The lowest BCUT2D eigenvalue weighted by molar-refractivity contribution is -0.135. The standard InChI is InChI=1S/C18H25F2N3O2/c1-12(2)10-16(18(25)23-8-6-22(3)7-9-23)21-17(24)13-4-5-14(19)15(20)11-13/h4-5,11-12,16H,6-10H2,1-3H3,(H,21,24)/t16-/m0/s1. The molecule has 1 atom stereocenters. The summed E-state index contributed by atoms with van der Waals surface area (Å²) in [5, 5.41) is 2.69. The van der Waals surface area contributed by atoms with E-state index < -0.39 is 23.6 Å². The molecule has 0 aromatic heterocycles. The number of nitrogens with one attached hydrogen (secondary N) is 1. The number of hydrogen-bond donors (Lipinski definition) is 1. The molecule has 1 aliphatic heterocycles. The monoisotopic (exact) mass is 353 g/mol. The van der Waals surface area contributed by atoms with E-state index in [-0.39, 0.29) is 17.4 Å². The molecule has 0 aliphatic carbocycles. The van der Waals surface area contributed by atoms with E-state index in [0.717, 1.165) is 25.2 Å². The number of amides is 2. The zero-order chi connectivity index (χ0) is 18.6. The molecule has 1 N–H and O–H groups in total. The summed E-state index contributed by atoms with van der Waals surface area (Å²) in [6.07, 6.45) is 0.487. The maximum Gasteiger partial charge on any atom is 0.252 e. The Hall–Kier alpha value is -2.02. The Labute approximate surface area is 147 Å². The molecule has 5 nitrogen and oxygen atoms in total. The molecule has 1 aliphatic rings. The molecule has 0 radical (unpaired) electrons. The maximum absolute atomic E-state index is 13.3. The van der Waals surface area contributed by atoms with Gasteiger partial charge in [-0.1, -0.05) is 13.8 Å². The van der Waals surface area contributed by atoms with Crippen LogP contribution < -0.4 is 5.32 Å². The minimum absolute atomic E-state index is 0.00108. The average Bonchev–Trinajstić information content (AvgIpc) is 2.56. The van der Waals surface area contributed by atoms with E-state index in [4.69, 9.17) is 0 Å². The van der Waals surface area contributed by atoms with Crippen LogP contribution in [0.1, 0.15) is 30.6 Å². The van der Waals surface area contributed by atoms with Crippen molar-refractivity contribution in [3.63, 3.8) is 0 Å². The van der Waals surface area contributed by atoms with Crippen LogP contribution in [-0.2, 0) is 4.79 Å². The van der Waals surface area contributed by atoms with Gasteiger partial charge in [0.1, 0.15) is 6.04 Å². The molecule has 0 spiro atoms. The Morgan fingerprint density at radius 1 is 1.12 bits per heavy atom. The van der Waals surface area contributed by atoms with E-state index in [2.05, 4.69) is 10.2 Å². The van der Waals surface area contributed by atoms with Gasteiger partial charge < -0.3 is 15.1 Å². The van der Waals surface area contributed by atoms with Gasteiger partial charge in [0.15, 0.2) is 11.6 Å². The topological polar surface area (TPSA) is 52.7 Å². The fraction of sp³-hybridized carbons (Fsp3) is 0.556. The van der Waals surface area contributed by atoms with Crippen molar-refractivity contribution < 1.29 is 18.4 Å². The summed E-state index contributed by atoms with van der Waals surface area (Å²) in [4.78, 5) is 29.0. The molecular formula is C18H25F2N3O2. The molecule has 1 heterocycles. The second-order valence-electron chi connectivity index (χ2n) is 6.91. The number of rotatable bonds is 5. The summed E-state index contributed by atoms with van der Waals surface area (Å²) < 4.78 is 26.4. The molecule has 0 unspecified atom stereocenters. The summed E-state index contributed by atoms with van der Waals surface area (Å²) in [6.45, 7) is 6.74. The molecule has 0 bridgehead atoms. The SMILES string of the molecule is CC(C)C[C@H](NC(=O)c1ccc(F)c(F)c1)C(=O)N1CCN(C)CC1. The Bertz CT molecular complexity index is 629. The molecule has 1 saturated heterocycles. The van der Waals surface area contributed by atoms with E-state index in [1.54, 1.807) is 4.90 Å². The van der Waals surface area contributed by atoms with E-state index in [1.807, 2.05) is 20.9 Å². The molecule has 1 aromatic carbocycles. The quantitative estimate of drug-likeness (QED) is 0.879. The number of carbonyl (C=O) groups excluding carboxylic acids is 2. The van der Waals surface area contributed by atoms with Crippen molar-refractivity contribution >= 4 is 11.8 Å². The third-order valence-corrected chi connectivity index (χ3v) is 4.31. The molecule has 2 rings (SSSR count). The van der Waals surface area contributed by atoms with Gasteiger partial charge in [0.2, 0.25) is 5.91 Å². The van der Waals surface area contributed by atoms with Crippen molar-refractivity contribution in [2.75, 3.05) is 33.2 Å². The Morgan fingerprint density at radius 3 is 2.32 bits per heavy atom. The molecule has 1 aromatic rings. The number of nitrogens with zero attached hydrogens (tertiary/aromatic N) is 2. The Balaban J connectivity index is 2.09. The van der Waals surface area contributed by atoms with E-state index >= 15 is 0 Å². The van der Waals surface area contributed by atoms with Gasteiger partial charge in [-0.15, -0.1) is 0 Å². The minimum atomic E-state index is -1.08. The van der Waals surface area contributed by atoms with Crippen molar-refractivity contribution in [1.29, 1.82) is 0 Å². The van der Waals surface area contributed by atoms with Crippen LogP contribution in [0.4, 0.5) is 8.78 Å². The van der Waals surface area contributed by atoms with Gasteiger partial charge in [-0.25, -0.2) is 8.78 Å².